The van der Waals surface area contributed by atoms with Crippen LogP contribution in [0.25, 0.3) is 0 Å². The fourth-order valence-electron chi connectivity index (χ4n) is 1.53. The number of hydrogen-bond acceptors (Lipinski definition) is 3. The summed E-state index contributed by atoms with van der Waals surface area (Å²) in [6.07, 6.45) is 4.45. The third kappa shape index (κ3) is 2.52. The first-order valence-corrected chi connectivity index (χ1v) is 4.87. The van der Waals surface area contributed by atoms with Crippen LogP contribution in [0.5, 0.6) is 0 Å². The fraction of sp³-hybridized carbons (Fsp3) is 0.778. The molecule has 2 atom stereocenters. The van der Waals surface area contributed by atoms with Gasteiger partial charge in [0.2, 0.25) is 0 Å². The lowest BCUT2D eigenvalue weighted by Gasteiger charge is -2.23. The standard InChI is InChI=1S/C9H18N4/c1-4-9(11-5-2)8(3)13-7-10-6-12-13/h6-9,11H,4-5H2,1-3H3. The van der Waals surface area contributed by atoms with Crippen molar-refractivity contribution < 1.29 is 0 Å². The normalized spacial score (nSPS) is 15.6. The van der Waals surface area contributed by atoms with Crippen molar-refractivity contribution in [3.05, 3.63) is 12.7 Å². The maximum Gasteiger partial charge on any atom is 0.137 e. The lowest BCUT2D eigenvalue weighted by Crippen LogP contribution is -2.35. The van der Waals surface area contributed by atoms with Gasteiger partial charge >= 0.3 is 0 Å². The molecule has 0 saturated heterocycles. The van der Waals surface area contributed by atoms with Crippen LogP contribution in [-0.2, 0) is 0 Å². The maximum atomic E-state index is 4.13. The first kappa shape index (κ1) is 10.2. The van der Waals surface area contributed by atoms with E-state index in [1.807, 2.05) is 4.68 Å². The van der Waals surface area contributed by atoms with E-state index < -0.39 is 0 Å². The number of nitrogens with one attached hydrogen (secondary N) is 1. The number of aromatic nitrogens is 3. The second kappa shape index (κ2) is 4.97. The SMILES string of the molecule is CCNC(CC)C(C)n1cncn1. The van der Waals surface area contributed by atoms with Crippen molar-refractivity contribution in [1.82, 2.24) is 20.1 Å². The molecule has 0 aliphatic rings. The van der Waals surface area contributed by atoms with Crippen LogP contribution in [0.2, 0.25) is 0 Å². The fourth-order valence-corrected chi connectivity index (χ4v) is 1.53. The third-order valence-electron chi connectivity index (χ3n) is 2.34. The molecule has 1 N–H and O–H groups in total. The zero-order chi connectivity index (χ0) is 9.68. The van der Waals surface area contributed by atoms with Gasteiger partial charge < -0.3 is 5.32 Å². The number of hydrogen-bond donors (Lipinski definition) is 1. The summed E-state index contributed by atoms with van der Waals surface area (Å²) in [5, 5.41) is 7.56. The summed E-state index contributed by atoms with van der Waals surface area (Å²) in [4.78, 5) is 3.94. The van der Waals surface area contributed by atoms with Gasteiger partial charge in [-0.05, 0) is 19.9 Å². The van der Waals surface area contributed by atoms with Crippen molar-refractivity contribution in [2.75, 3.05) is 6.54 Å². The predicted octanol–water partition coefficient (Wildman–Crippen LogP) is 1.23. The molecule has 74 valence electrons. The summed E-state index contributed by atoms with van der Waals surface area (Å²) in [7, 11) is 0. The van der Waals surface area contributed by atoms with Crippen molar-refractivity contribution in [3.63, 3.8) is 0 Å². The summed E-state index contributed by atoms with van der Waals surface area (Å²) in [5.74, 6) is 0. The molecule has 0 fully saturated rings. The molecule has 1 heterocycles. The largest absolute Gasteiger partial charge is 0.312 e. The lowest BCUT2D eigenvalue weighted by molar-refractivity contribution is 0.343. The van der Waals surface area contributed by atoms with E-state index in [0.29, 0.717) is 12.1 Å². The molecule has 0 aromatic carbocycles. The van der Waals surface area contributed by atoms with Crippen molar-refractivity contribution in [3.8, 4) is 0 Å². The molecule has 13 heavy (non-hydrogen) atoms. The van der Waals surface area contributed by atoms with Gasteiger partial charge in [-0.3, -0.25) is 0 Å². The molecular weight excluding hydrogens is 164 g/mol. The van der Waals surface area contributed by atoms with Crippen LogP contribution in [0.1, 0.15) is 33.2 Å². The number of rotatable bonds is 5. The molecule has 0 aliphatic heterocycles. The topological polar surface area (TPSA) is 42.7 Å². The van der Waals surface area contributed by atoms with Crippen LogP contribution >= 0.6 is 0 Å². The van der Waals surface area contributed by atoms with E-state index in [2.05, 4.69) is 36.2 Å². The minimum atomic E-state index is 0.368. The molecule has 1 aromatic rings. The van der Waals surface area contributed by atoms with E-state index in [-0.39, 0.29) is 0 Å². The Morgan fingerprint density at radius 2 is 2.23 bits per heavy atom. The monoisotopic (exact) mass is 182 g/mol. The van der Waals surface area contributed by atoms with Crippen molar-refractivity contribution in [1.29, 1.82) is 0 Å². The molecule has 1 aromatic heterocycles. The first-order valence-electron chi connectivity index (χ1n) is 4.87. The Labute approximate surface area is 79.4 Å². The molecule has 0 bridgehead atoms. The lowest BCUT2D eigenvalue weighted by atomic mass is 10.1. The first-order chi connectivity index (χ1) is 6.29. The van der Waals surface area contributed by atoms with E-state index in [4.69, 9.17) is 0 Å². The van der Waals surface area contributed by atoms with Crippen LogP contribution in [0.15, 0.2) is 12.7 Å². The van der Waals surface area contributed by atoms with Gasteiger partial charge in [-0.1, -0.05) is 13.8 Å². The third-order valence-corrected chi connectivity index (χ3v) is 2.34. The van der Waals surface area contributed by atoms with Crippen LogP contribution in [-0.4, -0.2) is 27.4 Å². The number of nitrogens with zero attached hydrogens (tertiary/aromatic N) is 3. The molecule has 2 unspecified atom stereocenters. The molecule has 0 spiro atoms. The maximum absolute atomic E-state index is 4.13. The van der Waals surface area contributed by atoms with E-state index >= 15 is 0 Å². The zero-order valence-electron chi connectivity index (χ0n) is 8.57. The number of likely N-dealkylation sites (N-methyl/N-ethyl adjacent to an activating group) is 1. The highest BCUT2D eigenvalue weighted by atomic mass is 15.3. The molecule has 0 saturated carbocycles. The Morgan fingerprint density at radius 1 is 1.46 bits per heavy atom. The van der Waals surface area contributed by atoms with Crippen LogP contribution in [0, 0.1) is 0 Å². The second-order valence-corrected chi connectivity index (χ2v) is 3.19. The molecule has 4 heteroatoms. The van der Waals surface area contributed by atoms with Gasteiger partial charge in [-0.25, -0.2) is 9.67 Å². The highest BCUT2D eigenvalue weighted by molar-refractivity contribution is 4.76. The second-order valence-electron chi connectivity index (χ2n) is 3.19. The van der Waals surface area contributed by atoms with Gasteiger partial charge in [0.05, 0.1) is 6.04 Å². The van der Waals surface area contributed by atoms with E-state index in [1.54, 1.807) is 12.7 Å². The predicted molar refractivity (Wildman–Crippen MR) is 52.5 cm³/mol. The van der Waals surface area contributed by atoms with E-state index in [9.17, 15) is 0 Å². The highest BCUT2D eigenvalue weighted by Gasteiger charge is 2.15. The molecule has 0 aliphatic carbocycles. The Balaban J connectivity index is 2.58. The van der Waals surface area contributed by atoms with Gasteiger partial charge in [0.15, 0.2) is 0 Å². The van der Waals surface area contributed by atoms with Gasteiger partial charge in [-0.2, -0.15) is 5.10 Å². The van der Waals surface area contributed by atoms with Gasteiger partial charge in [0.1, 0.15) is 12.7 Å². The smallest absolute Gasteiger partial charge is 0.137 e. The van der Waals surface area contributed by atoms with Crippen molar-refractivity contribution >= 4 is 0 Å². The van der Waals surface area contributed by atoms with E-state index in [1.165, 1.54) is 0 Å². The molecule has 1 rings (SSSR count). The molecule has 4 nitrogen and oxygen atoms in total. The Hall–Kier alpha value is -0.900. The summed E-state index contributed by atoms with van der Waals surface area (Å²) >= 11 is 0. The average Bonchev–Trinajstić information content (AvgIpc) is 2.65. The minimum absolute atomic E-state index is 0.368. The van der Waals surface area contributed by atoms with Crippen molar-refractivity contribution in [2.24, 2.45) is 0 Å². The van der Waals surface area contributed by atoms with E-state index in [0.717, 1.165) is 13.0 Å². The van der Waals surface area contributed by atoms with Crippen LogP contribution in [0.4, 0.5) is 0 Å². The van der Waals surface area contributed by atoms with Gasteiger partial charge in [-0.15, -0.1) is 0 Å². The molecule has 0 radical (unpaired) electrons. The van der Waals surface area contributed by atoms with Crippen LogP contribution in [0.3, 0.4) is 0 Å². The Morgan fingerprint density at radius 3 is 2.69 bits per heavy atom. The highest BCUT2D eigenvalue weighted by Crippen LogP contribution is 2.11. The molecular formula is C9H18N4. The average molecular weight is 182 g/mol. The van der Waals surface area contributed by atoms with Gasteiger partial charge in [0, 0.05) is 6.04 Å². The zero-order valence-corrected chi connectivity index (χ0v) is 8.57. The summed E-state index contributed by atoms with van der Waals surface area (Å²) in [5.41, 5.74) is 0. The summed E-state index contributed by atoms with van der Waals surface area (Å²) in [6, 6.07) is 0.846. The van der Waals surface area contributed by atoms with Crippen molar-refractivity contribution in [2.45, 2.75) is 39.3 Å². The quantitative estimate of drug-likeness (QED) is 0.744. The Bertz CT molecular complexity index is 220. The van der Waals surface area contributed by atoms with Gasteiger partial charge in [0.25, 0.3) is 0 Å². The molecule has 0 amide bonds. The minimum Gasteiger partial charge on any atom is -0.312 e. The summed E-state index contributed by atoms with van der Waals surface area (Å²) in [6.45, 7) is 7.46. The summed E-state index contributed by atoms with van der Waals surface area (Å²) < 4.78 is 1.90. The Kier molecular flexibility index (Phi) is 3.89. The van der Waals surface area contributed by atoms with Crippen LogP contribution < -0.4 is 5.32 Å².